The topological polar surface area (TPSA) is 78.9 Å². The van der Waals surface area contributed by atoms with Gasteiger partial charge in [0.25, 0.3) is 0 Å². The average molecular weight is 1080 g/mol. The Balaban J connectivity index is 4.18. The predicted molar refractivity (Wildman–Crippen MR) is 339 cm³/mol. The third kappa shape index (κ3) is 62.4. The van der Waals surface area contributed by atoms with E-state index in [0.29, 0.717) is 19.3 Å². The number of carbonyl (C=O) groups excluding carboxylic acids is 3. The van der Waals surface area contributed by atoms with Gasteiger partial charge in [-0.2, -0.15) is 0 Å². The van der Waals surface area contributed by atoms with Crippen molar-refractivity contribution in [2.45, 2.75) is 290 Å². The maximum Gasteiger partial charge on any atom is 0.306 e. The molecule has 6 nitrogen and oxygen atoms in total. The quantitative estimate of drug-likeness (QED) is 0.0261. The number of hydrogen-bond acceptors (Lipinski definition) is 6. The van der Waals surface area contributed by atoms with E-state index in [9.17, 15) is 14.4 Å². The summed E-state index contributed by atoms with van der Waals surface area (Å²) < 4.78 is 16.8. The molecule has 0 radical (unpaired) electrons. The summed E-state index contributed by atoms with van der Waals surface area (Å²) in [6, 6.07) is 0. The highest BCUT2D eigenvalue weighted by Crippen LogP contribution is 2.15. The van der Waals surface area contributed by atoms with E-state index in [2.05, 4.69) is 154 Å². The highest BCUT2D eigenvalue weighted by atomic mass is 16.6. The van der Waals surface area contributed by atoms with Gasteiger partial charge >= 0.3 is 17.9 Å². The number of carbonyl (C=O) groups is 3. The van der Waals surface area contributed by atoms with E-state index >= 15 is 0 Å². The van der Waals surface area contributed by atoms with E-state index in [4.69, 9.17) is 14.2 Å². The Kier molecular flexibility index (Phi) is 61.4. The molecule has 0 heterocycles. The molecular weight excluding hydrogens is 961 g/mol. The van der Waals surface area contributed by atoms with Gasteiger partial charge in [-0.3, -0.25) is 14.4 Å². The highest BCUT2D eigenvalue weighted by Gasteiger charge is 2.19. The minimum atomic E-state index is -0.793. The van der Waals surface area contributed by atoms with Crippen molar-refractivity contribution in [2.24, 2.45) is 0 Å². The molecule has 0 fully saturated rings. The normalized spacial score (nSPS) is 13.0. The SMILES string of the molecule is CC/C=C\C/C=C\C/C=C\C/C=C\C/C=C\C/C=C\C/C=C\C/C=C\CCCCCCCCCCCCC(=O)OCC(COC(=O)CCCCCCC/C=C\CCC)OC(=O)CCCCCCC/C=C\C/C=C\CCCCC. The summed E-state index contributed by atoms with van der Waals surface area (Å²) >= 11 is 0. The lowest BCUT2D eigenvalue weighted by molar-refractivity contribution is -0.167. The van der Waals surface area contributed by atoms with Gasteiger partial charge in [0.1, 0.15) is 13.2 Å². The molecule has 442 valence electrons. The first-order valence-electron chi connectivity index (χ1n) is 32.2. The largest absolute Gasteiger partial charge is 0.462 e. The molecule has 0 amide bonds. The number of ether oxygens (including phenoxy) is 3. The fourth-order valence-electron chi connectivity index (χ4n) is 8.55. The first-order valence-corrected chi connectivity index (χ1v) is 32.2. The van der Waals surface area contributed by atoms with Crippen molar-refractivity contribution in [2.75, 3.05) is 13.2 Å². The lowest BCUT2D eigenvalue weighted by Gasteiger charge is -2.18. The standard InChI is InChI=1S/C72H118O6/c1-4-7-10-13-16-19-22-24-26-27-28-29-30-31-32-33-34-35-36-37-38-39-40-41-42-43-44-45-47-48-50-53-56-59-62-65-71(74)77-68-69(67-76-70(73)64-61-58-55-52-21-18-15-12-9-6-3)78-72(75)66-63-60-57-54-51-49-46-25-23-20-17-14-11-8-5-2/h7,10,12,15-17,19-20,24-26,28-29,31-32,34-35,37-38,40-41,46,69H,4-6,8-9,11,13-14,18,21-23,27,30,33,36,39,42-45,47-68H2,1-3H3/b10-7-,15-12-,19-16-,20-17-,26-24-,29-28-,32-31-,35-34-,38-37-,41-40-,46-25-. The van der Waals surface area contributed by atoms with Crippen LogP contribution in [0.25, 0.3) is 0 Å². The molecule has 0 rings (SSSR count). The Morgan fingerprint density at radius 3 is 0.846 bits per heavy atom. The Hall–Kier alpha value is -4.45. The molecule has 0 aromatic heterocycles. The Bertz CT molecular complexity index is 1670. The second-order valence-corrected chi connectivity index (χ2v) is 20.9. The van der Waals surface area contributed by atoms with Crippen LogP contribution in [0.2, 0.25) is 0 Å². The van der Waals surface area contributed by atoms with Crippen molar-refractivity contribution < 1.29 is 28.6 Å². The van der Waals surface area contributed by atoms with E-state index in [1.54, 1.807) is 0 Å². The molecule has 1 unspecified atom stereocenters. The van der Waals surface area contributed by atoms with E-state index in [-0.39, 0.29) is 31.1 Å². The maximum absolute atomic E-state index is 12.8. The average Bonchev–Trinajstić information content (AvgIpc) is 3.44. The van der Waals surface area contributed by atoms with Gasteiger partial charge in [0.15, 0.2) is 6.10 Å². The summed E-state index contributed by atoms with van der Waals surface area (Å²) in [5, 5.41) is 0. The van der Waals surface area contributed by atoms with Gasteiger partial charge in [0.2, 0.25) is 0 Å². The number of unbranched alkanes of at least 4 members (excludes halogenated alkanes) is 24. The van der Waals surface area contributed by atoms with E-state index in [1.807, 2.05) is 0 Å². The number of esters is 3. The van der Waals surface area contributed by atoms with Crippen LogP contribution in [0.15, 0.2) is 134 Å². The van der Waals surface area contributed by atoms with Crippen molar-refractivity contribution in [3.63, 3.8) is 0 Å². The smallest absolute Gasteiger partial charge is 0.306 e. The van der Waals surface area contributed by atoms with Crippen LogP contribution in [0, 0.1) is 0 Å². The summed E-state index contributed by atoms with van der Waals surface area (Å²) in [5.74, 6) is -0.919. The van der Waals surface area contributed by atoms with Gasteiger partial charge in [-0.1, -0.05) is 264 Å². The molecule has 6 heteroatoms. The second-order valence-electron chi connectivity index (χ2n) is 20.9. The minimum absolute atomic E-state index is 0.0906. The highest BCUT2D eigenvalue weighted by molar-refractivity contribution is 5.71. The van der Waals surface area contributed by atoms with Crippen molar-refractivity contribution in [1.29, 1.82) is 0 Å². The Labute approximate surface area is 481 Å². The molecule has 0 N–H and O–H groups in total. The summed E-state index contributed by atoms with van der Waals surface area (Å²) in [6.45, 7) is 6.42. The number of rotatable bonds is 57. The van der Waals surface area contributed by atoms with Gasteiger partial charge in [0, 0.05) is 19.3 Å². The van der Waals surface area contributed by atoms with Gasteiger partial charge in [-0.05, 0) is 135 Å². The summed E-state index contributed by atoms with van der Waals surface area (Å²) in [5.41, 5.74) is 0. The molecule has 0 spiro atoms. The molecule has 0 saturated carbocycles. The molecule has 0 aliphatic rings. The Morgan fingerprint density at radius 2 is 0.526 bits per heavy atom. The van der Waals surface area contributed by atoms with Crippen molar-refractivity contribution >= 4 is 17.9 Å². The van der Waals surface area contributed by atoms with E-state index < -0.39 is 6.10 Å². The zero-order chi connectivity index (χ0) is 56.4. The third-order valence-corrected chi connectivity index (χ3v) is 13.3. The van der Waals surface area contributed by atoms with Crippen molar-refractivity contribution in [3.8, 4) is 0 Å². The fourth-order valence-corrected chi connectivity index (χ4v) is 8.55. The monoisotopic (exact) mass is 1080 g/mol. The van der Waals surface area contributed by atoms with Crippen LogP contribution in [0.5, 0.6) is 0 Å². The maximum atomic E-state index is 12.8. The molecule has 0 saturated heterocycles. The van der Waals surface area contributed by atoms with E-state index in [0.717, 1.165) is 161 Å². The first kappa shape index (κ1) is 73.5. The molecule has 0 aliphatic heterocycles. The zero-order valence-electron chi connectivity index (χ0n) is 50.6. The van der Waals surface area contributed by atoms with Crippen LogP contribution in [-0.4, -0.2) is 37.2 Å². The lowest BCUT2D eigenvalue weighted by atomic mass is 10.1. The molecular formula is C72H118O6. The van der Waals surface area contributed by atoms with Crippen molar-refractivity contribution in [1.82, 2.24) is 0 Å². The van der Waals surface area contributed by atoms with Gasteiger partial charge in [0.05, 0.1) is 0 Å². The first-order chi connectivity index (χ1) is 38.5. The minimum Gasteiger partial charge on any atom is -0.462 e. The molecule has 0 aromatic carbocycles. The molecule has 1 atom stereocenters. The van der Waals surface area contributed by atoms with Crippen LogP contribution in [0.1, 0.15) is 284 Å². The molecule has 78 heavy (non-hydrogen) atoms. The fraction of sp³-hybridized carbons (Fsp3) is 0.653. The second kappa shape index (κ2) is 65.1. The number of allylic oxidation sites excluding steroid dienone is 22. The zero-order valence-corrected chi connectivity index (χ0v) is 50.6. The summed E-state index contributed by atoms with van der Waals surface area (Å²) in [6.07, 6.45) is 91.9. The van der Waals surface area contributed by atoms with Crippen LogP contribution in [0.4, 0.5) is 0 Å². The van der Waals surface area contributed by atoms with E-state index in [1.165, 1.54) is 83.5 Å². The van der Waals surface area contributed by atoms with Crippen LogP contribution < -0.4 is 0 Å². The van der Waals surface area contributed by atoms with Gasteiger partial charge < -0.3 is 14.2 Å². The Morgan fingerprint density at radius 1 is 0.269 bits per heavy atom. The van der Waals surface area contributed by atoms with Crippen LogP contribution in [0.3, 0.4) is 0 Å². The molecule has 0 bridgehead atoms. The van der Waals surface area contributed by atoms with Crippen LogP contribution in [-0.2, 0) is 28.6 Å². The van der Waals surface area contributed by atoms with Gasteiger partial charge in [-0.25, -0.2) is 0 Å². The summed E-state index contributed by atoms with van der Waals surface area (Å²) in [7, 11) is 0. The van der Waals surface area contributed by atoms with Crippen molar-refractivity contribution in [3.05, 3.63) is 134 Å². The number of hydrogen-bond donors (Lipinski definition) is 0. The van der Waals surface area contributed by atoms with Gasteiger partial charge in [-0.15, -0.1) is 0 Å². The summed E-state index contributed by atoms with van der Waals surface area (Å²) in [4.78, 5) is 38.1. The molecule has 0 aromatic rings. The molecule has 0 aliphatic carbocycles. The lowest BCUT2D eigenvalue weighted by Crippen LogP contribution is -2.30. The van der Waals surface area contributed by atoms with Crippen LogP contribution >= 0.6 is 0 Å². The third-order valence-electron chi connectivity index (χ3n) is 13.3. The predicted octanol–water partition coefficient (Wildman–Crippen LogP) is 22.2.